The highest BCUT2D eigenvalue weighted by Crippen LogP contribution is 2.20. The molecule has 0 bridgehead atoms. The number of rotatable bonds is 4. The molecule has 0 amide bonds. The van der Waals surface area contributed by atoms with Crippen molar-refractivity contribution in [2.45, 2.75) is 45.4 Å². The van der Waals surface area contributed by atoms with Gasteiger partial charge in [0, 0.05) is 12.2 Å². The smallest absolute Gasteiger partial charge is 0.292 e. The molecule has 94 valence electrons. The molecule has 0 spiro atoms. The van der Waals surface area contributed by atoms with E-state index in [1.807, 2.05) is 6.07 Å². The number of hydrogen-bond acceptors (Lipinski definition) is 3. The molecule has 0 aliphatic heterocycles. The maximum absolute atomic E-state index is 12.0. The van der Waals surface area contributed by atoms with E-state index >= 15 is 0 Å². The molecule has 0 saturated heterocycles. The molecule has 2 rings (SSSR count). The predicted molar refractivity (Wildman–Crippen MR) is 70.9 cm³/mol. The van der Waals surface area contributed by atoms with E-state index in [1.54, 1.807) is 4.68 Å². The number of nitrogens with zero attached hydrogens (tertiary/aromatic N) is 1. The highest BCUT2D eigenvalue weighted by molar-refractivity contribution is 5.42. The summed E-state index contributed by atoms with van der Waals surface area (Å²) in [5, 5.41) is 0. The van der Waals surface area contributed by atoms with E-state index in [4.69, 9.17) is 5.73 Å². The van der Waals surface area contributed by atoms with Gasteiger partial charge in [-0.2, -0.15) is 0 Å². The zero-order chi connectivity index (χ0) is 12.3. The molecule has 3 N–H and O–H groups in total. The van der Waals surface area contributed by atoms with Crippen LogP contribution in [-0.4, -0.2) is 11.2 Å². The van der Waals surface area contributed by atoms with Gasteiger partial charge in [0.2, 0.25) is 0 Å². The Morgan fingerprint density at radius 3 is 2.94 bits per heavy atom. The van der Waals surface area contributed by atoms with Gasteiger partial charge in [0.05, 0.1) is 5.69 Å². The predicted octanol–water partition coefficient (Wildman–Crippen LogP) is 1.65. The number of pyridine rings is 1. The normalized spacial score (nSPS) is 14.4. The van der Waals surface area contributed by atoms with Gasteiger partial charge in [0.15, 0.2) is 0 Å². The Labute approximate surface area is 102 Å². The van der Waals surface area contributed by atoms with E-state index in [2.05, 4.69) is 12.3 Å². The van der Waals surface area contributed by atoms with Gasteiger partial charge >= 0.3 is 0 Å². The molecule has 0 radical (unpaired) electrons. The molecule has 0 unspecified atom stereocenters. The molecule has 0 fully saturated rings. The Kier molecular flexibility index (Phi) is 3.71. The van der Waals surface area contributed by atoms with Crippen molar-refractivity contribution >= 4 is 5.69 Å². The SMILES string of the molecule is CCCCNn1c2c(cc(N)c1=O)CCCC2. The van der Waals surface area contributed by atoms with Crippen molar-refractivity contribution in [3.8, 4) is 0 Å². The minimum Gasteiger partial charge on any atom is -0.394 e. The first-order valence-electron chi connectivity index (χ1n) is 6.51. The van der Waals surface area contributed by atoms with Crippen LogP contribution in [0.5, 0.6) is 0 Å². The van der Waals surface area contributed by atoms with Gasteiger partial charge in [-0.15, -0.1) is 0 Å². The van der Waals surface area contributed by atoms with E-state index in [0.29, 0.717) is 5.69 Å². The first-order chi connectivity index (χ1) is 8.24. The number of nitrogens with one attached hydrogen (secondary N) is 1. The van der Waals surface area contributed by atoms with E-state index in [0.717, 1.165) is 44.3 Å². The number of hydrogen-bond donors (Lipinski definition) is 2. The Bertz CT molecular complexity index is 451. The number of nitrogen functional groups attached to an aromatic ring is 1. The summed E-state index contributed by atoms with van der Waals surface area (Å²) >= 11 is 0. The van der Waals surface area contributed by atoms with Crippen LogP contribution in [0, 0.1) is 0 Å². The molecule has 1 aromatic rings. The molecule has 0 saturated carbocycles. The van der Waals surface area contributed by atoms with Crippen molar-refractivity contribution in [3.05, 3.63) is 27.7 Å². The van der Waals surface area contributed by atoms with E-state index < -0.39 is 0 Å². The molecule has 1 aliphatic carbocycles. The second kappa shape index (κ2) is 5.25. The van der Waals surface area contributed by atoms with E-state index in [1.165, 1.54) is 12.0 Å². The number of fused-ring (bicyclic) bond motifs is 1. The summed E-state index contributed by atoms with van der Waals surface area (Å²) in [5.41, 5.74) is 11.6. The van der Waals surface area contributed by atoms with Crippen LogP contribution in [-0.2, 0) is 12.8 Å². The number of nitrogens with two attached hydrogens (primary N) is 1. The quantitative estimate of drug-likeness (QED) is 0.780. The molecule has 4 nitrogen and oxygen atoms in total. The van der Waals surface area contributed by atoms with Gasteiger partial charge < -0.3 is 11.2 Å². The van der Waals surface area contributed by atoms with Gasteiger partial charge in [0.25, 0.3) is 5.56 Å². The molecule has 0 atom stereocenters. The Balaban J connectivity index is 2.33. The third kappa shape index (κ3) is 2.46. The summed E-state index contributed by atoms with van der Waals surface area (Å²) in [6.07, 6.45) is 6.55. The topological polar surface area (TPSA) is 60.1 Å². The first-order valence-corrected chi connectivity index (χ1v) is 6.51. The average molecular weight is 235 g/mol. The minimum atomic E-state index is -0.0956. The Hall–Kier alpha value is -1.45. The maximum atomic E-state index is 12.0. The zero-order valence-corrected chi connectivity index (χ0v) is 10.5. The van der Waals surface area contributed by atoms with Crippen molar-refractivity contribution < 1.29 is 0 Å². The van der Waals surface area contributed by atoms with Crippen LogP contribution in [0.15, 0.2) is 10.9 Å². The minimum absolute atomic E-state index is 0.0956. The van der Waals surface area contributed by atoms with Crippen molar-refractivity contribution in [2.24, 2.45) is 0 Å². The van der Waals surface area contributed by atoms with Gasteiger partial charge in [-0.3, -0.25) is 4.79 Å². The molecule has 17 heavy (non-hydrogen) atoms. The first kappa shape index (κ1) is 12.0. The number of anilines is 1. The Morgan fingerprint density at radius 1 is 1.41 bits per heavy atom. The summed E-state index contributed by atoms with van der Waals surface area (Å²) in [6.45, 7) is 2.96. The highest BCUT2D eigenvalue weighted by Gasteiger charge is 2.16. The molecule has 4 heteroatoms. The van der Waals surface area contributed by atoms with Gasteiger partial charge in [0.1, 0.15) is 0 Å². The van der Waals surface area contributed by atoms with E-state index in [-0.39, 0.29) is 5.56 Å². The summed E-state index contributed by atoms with van der Waals surface area (Å²) in [5.74, 6) is 0. The lowest BCUT2D eigenvalue weighted by Gasteiger charge is -2.22. The van der Waals surface area contributed by atoms with Crippen molar-refractivity contribution in [2.75, 3.05) is 17.7 Å². The van der Waals surface area contributed by atoms with Crippen LogP contribution < -0.4 is 16.7 Å². The van der Waals surface area contributed by atoms with Crippen molar-refractivity contribution in [1.29, 1.82) is 0 Å². The maximum Gasteiger partial charge on any atom is 0.292 e. The highest BCUT2D eigenvalue weighted by atomic mass is 16.1. The summed E-state index contributed by atoms with van der Waals surface area (Å²) < 4.78 is 1.68. The number of unbranched alkanes of at least 4 members (excludes halogenated alkanes) is 1. The molecule has 1 aromatic heterocycles. The van der Waals surface area contributed by atoms with Gasteiger partial charge in [-0.05, 0) is 43.7 Å². The van der Waals surface area contributed by atoms with Gasteiger partial charge in [-0.25, -0.2) is 4.68 Å². The van der Waals surface area contributed by atoms with Crippen molar-refractivity contribution in [3.63, 3.8) is 0 Å². The summed E-state index contributed by atoms with van der Waals surface area (Å²) in [7, 11) is 0. The van der Waals surface area contributed by atoms with Crippen LogP contribution >= 0.6 is 0 Å². The summed E-state index contributed by atoms with van der Waals surface area (Å²) in [6, 6.07) is 1.86. The molecular weight excluding hydrogens is 214 g/mol. The molecule has 1 heterocycles. The van der Waals surface area contributed by atoms with E-state index in [9.17, 15) is 4.79 Å². The van der Waals surface area contributed by atoms with Gasteiger partial charge in [-0.1, -0.05) is 13.3 Å². The zero-order valence-electron chi connectivity index (χ0n) is 10.5. The number of aryl methyl sites for hydroxylation is 1. The third-order valence-corrected chi connectivity index (χ3v) is 3.33. The Morgan fingerprint density at radius 2 is 2.18 bits per heavy atom. The second-order valence-corrected chi connectivity index (χ2v) is 4.68. The van der Waals surface area contributed by atoms with Crippen LogP contribution in [0.25, 0.3) is 0 Å². The fraction of sp³-hybridized carbons (Fsp3) is 0.615. The molecule has 0 aromatic carbocycles. The molecular formula is C13H21N3O. The standard InChI is InChI=1S/C13H21N3O/c1-2-3-8-15-16-12-7-5-4-6-10(12)9-11(14)13(16)17/h9,15H,2-8,14H2,1H3. The molecule has 1 aliphatic rings. The van der Waals surface area contributed by atoms with Crippen LogP contribution in [0.2, 0.25) is 0 Å². The fourth-order valence-electron chi connectivity index (χ4n) is 2.36. The van der Waals surface area contributed by atoms with Crippen LogP contribution in [0.1, 0.15) is 43.9 Å². The van der Waals surface area contributed by atoms with Crippen molar-refractivity contribution in [1.82, 2.24) is 4.68 Å². The van der Waals surface area contributed by atoms with Crippen LogP contribution in [0.3, 0.4) is 0 Å². The lowest BCUT2D eigenvalue weighted by molar-refractivity contribution is 0.614. The monoisotopic (exact) mass is 235 g/mol. The lowest BCUT2D eigenvalue weighted by atomic mass is 9.96. The fourth-order valence-corrected chi connectivity index (χ4v) is 2.36. The summed E-state index contributed by atoms with van der Waals surface area (Å²) in [4.78, 5) is 12.0. The number of aromatic nitrogens is 1. The average Bonchev–Trinajstić information content (AvgIpc) is 2.34. The second-order valence-electron chi connectivity index (χ2n) is 4.68. The van der Waals surface area contributed by atoms with Crippen LogP contribution in [0.4, 0.5) is 5.69 Å². The third-order valence-electron chi connectivity index (χ3n) is 3.33. The largest absolute Gasteiger partial charge is 0.394 e. The lowest BCUT2D eigenvalue weighted by Crippen LogP contribution is -2.35.